The summed E-state index contributed by atoms with van der Waals surface area (Å²) in [6.45, 7) is 2.74. The summed E-state index contributed by atoms with van der Waals surface area (Å²) in [6.07, 6.45) is 4.06. The summed E-state index contributed by atoms with van der Waals surface area (Å²) in [5, 5.41) is 4.22. The minimum atomic E-state index is -0.0778. The van der Waals surface area contributed by atoms with E-state index < -0.39 is 0 Å². The third kappa shape index (κ3) is 2.60. The molecule has 1 amide bonds. The van der Waals surface area contributed by atoms with Gasteiger partial charge in [0.15, 0.2) is 0 Å². The van der Waals surface area contributed by atoms with Crippen LogP contribution in [0, 0.1) is 6.92 Å². The van der Waals surface area contributed by atoms with Crippen LogP contribution in [0.5, 0.6) is 0 Å². The van der Waals surface area contributed by atoms with E-state index in [0.29, 0.717) is 12.1 Å². The second-order valence-corrected chi connectivity index (χ2v) is 5.39. The molecule has 2 aromatic heterocycles. The quantitative estimate of drug-likeness (QED) is 0.804. The minimum absolute atomic E-state index is 0.0778. The van der Waals surface area contributed by atoms with Crippen molar-refractivity contribution in [1.29, 1.82) is 0 Å². The van der Waals surface area contributed by atoms with Gasteiger partial charge in [-0.25, -0.2) is 0 Å². The highest BCUT2D eigenvalue weighted by Gasteiger charge is 2.11. The number of benzene rings is 1. The Morgan fingerprint density at radius 3 is 2.82 bits per heavy atom. The fourth-order valence-electron chi connectivity index (χ4n) is 2.82. The molecule has 4 heteroatoms. The zero-order valence-corrected chi connectivity index (χ0v) is 12.8. The normalized spacial score (nSPS) is 10.8. The maximum absolute atomic E-state index is 12.0. The van der Waals surface area contributed by atoms with Gasteiger partial charge in [-0.1, -0.05) is 18.2 Å². The summed E-state index contributed by atoms with van der Waals surface area (Å²) < 4.78 is 2.20. The Hall–Kier alpha value is -2.62. The maximum Gasteiger partial charge on any atom is 0.252 e. The van der Waals surface area contributed by atoms with Crippen molar-refractivity contribution >= 4 is 16.8 Å². The molecule has 0 radical (unpaired) electrons. The molecule has 0 atom stereocenters. The molecule has 22 heavy (non-hydrogen) atoms. The number of rotatable bonds is 4. The van der Waals surface area contributed by atoms with Gasteiger partial charge in [0, 0.05) is 42.6 Å². The standard InChI is InChI=1S/C18H19N3O/c1-13-15(16-7-3-4-8-17(16)21(13)2)9-11-20-18(22)14-6-5-10-19-12-14/h3-8,10,12H,9,11H2,1-2H3,(H,20,22). The van der Waals surface area contributed by atoms with Crippen molar-refractivity contribution in [1.82, 2.24) is 14.9 Å². The van der Waals surface area contributed by atoms with Crippen LogP contribution in [0.25, 0.3) is 10.9 Å². The molecular formula is C18H19N3O. The lowest BCUT2D eigenvalue weighted by molar-refractivity contribution is 0.0954. The van der Waals surface area contributed by atoms with Crippen LogP contribution in [0.4, 0.5) is 0 Å². The molecule has 0 unspecified atom stereocenters. The van der Waals surface area contributed by atoms with Crippen LogP contribution in [0.2, 0.25) is 0 Å². The molecule has 0 aliphatic rings. The lowest BCUT2D eigenvalue weighted by Crippen LogP contribution is -2.25. The smallest absolute Gasteiger partial charge is 0.252 e. The number of hydrogen-bond donors (Lipinski definition) is 1. The van der Waals surface area contributed by atoms with Crippen LogP contribution in [0.1, 0.15) is 21.6 Å². The fraction of sp³-hybridized carbons (Fsp3) is 0.222. The Morgan fingerprint density at radius 1 is 1.23 bits per heavy atom. The van der Waals surface area contributed by atoms with Gasteiger partial charge < -0.3 is 9.88 Å². The maximum atomic E-state index is 12.0. The minimum Gasteiger partial charge on any atom is -0.352 e. The Balaban J connectivity index is 1.72. The first-order valence-electron chi connectivity index (χ1n) is 7.39. The number of amides is 1. The van der Waals surface area contributed by atoms with Gasteiger partial charge in [-0.2, -0.15) is 0 Å². The monoisotopic (exact) mass is 293 g/mol. The Kier molecular flexibility index (Phi) is 3.92. The van der Waals surface area contributed by atoms with Crippen molar-refractivity contribution in [3.05, 3.63) is 65.6 Å². The lowest BCUT2D eigenvalue weighted by Gasteiger charge is -2.06. The number of para-hydroxylation sites is 1. The summed E-state index contributed by atoms with van der Waals surface area (Å²) in [7, 11) is 2.08. The summed E-state index contributed by atoms with van der Waals surface area (Å²) in [4.78, 5) is 16.0. The van der Waals surface area contributed by atoms with E-state index in [-0.39, 0.29) is 5.91 Å². The van der Waals surface area contributed by atoms with E-state index in [9.17, 15) is 4.79 Å². The van der Waals surface area contributed by atoms with Crippen LogP contribution < -0.4 is 5.32 Å². The Morgan fingerprint density at radius 2 is 2.05 bits per heavy atom. The first-order valence-corrected chi connectivity index (χ1v) is 7.39. The van der Waals surface area contributed by atoms with E-state index in [1.54, 1.807) is 24.5 Å². The predicted octanol–water partition coefficient (Wildman–Crippen LogP) is 2.85. The zero-order chi connectivity index (χ0) is 15.5. The van der Waals surface area contributed by atoms with Gasteiger partial charge in [-0.05, 0) is 37.1 Å². The molecule has 0 bridgehead atoms. The number of carbonyl (C=O) groups is 1. The molecule has 0 fully saturated rings. The number of aromatic nitrogens is 2. The molecular weight excluding hydrogens is 274 g/mol. The Labute approximate surface area is 129 Å². The molecule has 3 rings (SSSR count). The van der Waals surface area contributed by atoms with E-state index in [2.05, 4.69) is 53.1 Å². The number of nitrogens with zero attached hydrogens (tertiary/aromatic N) is 2. The number of nitrogens with one attached hydrogen (secondary N) is 1. The van der Waals surface area contributed by atoms with E-state index in [4.69, 9.17) is 0 Å². The van der Waals surface area contributed by atoms with Crippen molar-refractivity contribution in [2.24, 2.45) is 7.05 Å². The SMILES string of the molecule is Cc1c(CCNC(=O)c2cccnc2)c2ccccc2n1C. The largest absolute Gasteiger partial charge is 0.352 e. The number of aryl methyl sites for hydroxylation is 1. The van der Waals surface area contributed by atoms with Gasteiger partial charge in [0.2, 0.25) is 0 Å². The third-order valence-electron chi connectivity index (χ3n) is 4.11. The van der Waals surface area contributed by atoms with Gasteiger partial charge in [0.05, 0.1) is 5.56 Å². The summed E-state index contributed by atoms with van der Waals surface area (Å²) in [5.41, 5.74) is 4.37. The Bertz CT molecular complexity index is 806. The summed E-state index contributed by atoms with van der Waals surface area (Å²) in [5.74, 6) is -0.0778. The van der Waals surface area contributed by atoms with Crippen LogP contribution in [0.15, 0.2) is 48.8 Å². The highest BCUT2D eigenvalue weighted by Crippen LogP contribution is 2.24. The van der Waals surface area contributed by atoms with Gasteiger partial charge in [0.25, 0.3) is 5.91 Å². The molecule has 4 nitrogen and oxygen atoms in total. The number of carbonyl (C=O) groups excluding carboxylic acids is 1. The highest BCUT2D eigenvalue weighted by molar-refractivity contribution is 5.93. The van der Waals surface area contributed by atoms with Gasteiger partial charge in [0.1, 0.15) is 0 Å². The first-order chi connectivity index (χ1) is 10.7. The highest BCUT2D eigenvalue weighted by atomic mass is 16.1. The van der Waals surface area contributed by atoms with Gasteiger partial charge in [-0.15, -0.1) is 0 Å². The van der Waals surface area contributed by atoms with E-state index in [0.717, 1.165) is 6.42 Å². The average molecular weight is 293 g/mol. The average Bonchev–Trinajstić information content (AvgIpc) is 2.81. The lowest BCUT2D eigenvalue weighted by atomic mass is 10.1. The van der Waals surface area contributed by atoms with E-state index in [1.807, 2.05) is 0 Å². The van der Waals surface area contributed by atoms with E-state index >= 15 is 0 Å². The van der Waals surface area contributed by atoms with Crippen LogP contribution in [-0.2, 0) is 13.5 Å². The molecule has 1 N–H and O–H groups in total. The van der Waals surface area contributed by atoms with Crippen molar-refractivity contribution in [3.8, 4) is 0 Å². The van der Waals surface area contributed by atoms with Crippen molar-refractivity contribution in [2.75, 3.05) is 6.54 Å². The molecule has 112 valence electrons. The predicted molar refractivity (Wildman–Crippen MR) is 87.9 cm³/mol. The molecule has 0 saturated heterocycles. The topological polar surface area (TPSA) is 46.9 Å². The van der Waals surface area contributed by atoms with Crippen molar-refractivity contribution < 1.29 is 4.79 Å². The molecule has 3 aromatic rings. The molecule has 0 aliphatic carbocycles. The molecule has 0 aliphatic heterocycles. The number of hydrogen-bond acceptors (Lipinski definition) is 2. The second-order valence-electron chi connectivity index (χ2n) is 5.39. The van der Waals surface area contributed by atoms with Gasteiger partial charge >= 0.3 is 0 Å². The second kappa shape index (κ2) is 6.02. The third-order valence-corrected chi connectivity index (χ3v) is 4.11. The van der Waals surface area contributed by atoms with Gasteiger partial charge in [-0.3, -0.25) is 9.78 Å². The number of fused-ring (bicyclic) bond motifs is 1. The zero-order valence-electron chi connectivity index (χ0n) is 12.8. The molecule has 1 aromatic carbocycles. The first kappa shape index (κ1) is 14.3. The number of pyridine rings is 1. The summed E-state index contributed by atoms with van der Waals surface area (Å²) >= 11 is 0. The van der Waals surface area contributed by atoms with E-state index in [1.165, 1.54) is 22.2 Å². The van der Waals surface area contributed by atoms with Crippen molar-refractivity contribution in [3.63, 3.8) is 0 Å². The fourth-order valence-corrected chi connectivity index (χ4v) is 2.82. The molecule has 0 saturated carbocycles. The molecule has 2 heterocycles. The van der Waals surface area contributed by atoms with Crippen LogP contribution in [0.3, 0.4) is 0 Å². The van der Waals surface area contributed by atoms with Crippen LogP contribution >= 0.6 is 0 Å². The summed E-state index contributed by atoms with van der Waals surface area (Å²) in [6, 6.07) is 11.9. The van der Waals surface area contributed by atoms with Crippen LogP contribution in [-0.4, -0.2) is 22.0 Å². The van der Waals surface area contributed by atoms with Crippen molar-refractivity contribution in [2.45, 2.75) is 13.3 Å². The molecule has 0 spiro atoms.